The van der Waals surface area contributed by atoms with Crippen molar-refractivity contribution >= 4 is 16.8 Å². The number of rotatable bonds is 2. The summed E-state index contributed by atoms with van der Waals surface area (Å²) < 4.78 is 0. The van der Waals surface area contributed by atoms with E-state index in [1.807, 2.05) is 38.1 Å². The minimum atomic E-state index is -0.0180. The van der Waals surface area contributed by atoms with Gasteiger partial charge in [0.25, 0.3) is 0 Å². The van der Waals surface area contributed by atoms with Crippen molar-refractivity contribution in [1.29, 1.82) is 0 Å². The van der Waals surface area contributed by atoms with Gasteiger partial charge in [-0.1, -0.05) is 26.0 Å². The molecule has 0 spiro atoms. The second-order valence-corrected chi connectivity index (χ2v) is 3.62. The van der Waals surface area contributed by atoms with Gasteiger partial charge < -0.3 is 4.98 Å². The van der Waals surface area contributed by atoms with Gasteiger partial charge in [0.15, 0.2) is 5.82 Å². The number of hydrogen-bond acceptors (Lipinski definition) is 2. The topological polar surface area (TPSA) is 45.8 Å². The van der Waals surface area contributed by atoms with Crippen molar-refractivity contribution < 1.29 is 6.22 Å². The summed E-state index contributed by atoms with van der Waals surface area (Å²) in [6, 6.07) is 7.64. The molecule has 0 fully saturated rings. The predicted molar refractivity (Wildman–Crippen MR) is 57.4 cm³/mol. The van der Waals surface area contributed by atoms with Crippen molar-refractivity contribution in [2.75, 3.05) is 0 Å². The van der Waals surface area contributed by atoms with E-state index in [-0.39, 0.29) is 13.1 Å². The van der Waals surface area contributed by atoms with Crippen LogP contribution in [0.5, 0.6) is 0 Å². The van der Waals surface area contributed by atoms with Gasteiger partial charge in [0.2, 0.25) is 5.78 Å². The summed E-state index contributed by atoms with van der Waals surface area (Å²) >= 11 is 0. The highest BCUT2D eigenvalue weighted by atomic mass is 16.1. The maximum absolute atomic E-state index is 11.6. The summed E-state index contributed by atoms with van der Waals surface area (Å²) in [5.74, 6) is 0.498. The molecule has 0 saturated carbocycles. The number of carbonyl (C=O) groups excluding carboxylic acids is 1. The van der Waals surface area contributed by atoms with Crippen molar-refractivity contribution in [1.82, 2.24) is 9.97 Å². The normalized spacial score (nSPS) is 11.1. The van der Waals surface area contributed by atoms with Crippen LogP contribution in [-0.2, 0) is 0 Å². The van der Waals surface area contributed by atoms with E-state index in [4.69, 9.17) is 0 Å². The Morgan fingerprint density at radius 2 is 2.14 bits per heavy atom. The predicted octanol–water partition coefficient (Wildman–Crippen LogP) is 2.65. The Bertz CT molecular complexity index is 443. The molecule has 0 saturated heterocycles. The molecule has 1 N–H and O–H groups in total. The Morgan fingerprint density at radius 1 is 1.43 bits per heavy atom. The highest BCUT2D eigenvalue weighted by Crippen LogP contribution is 2.12. The van der Waals surface area contributed by atoms with Crippen LogP contribution in [0.3, 0.4) is 0 Å². The van der Waals surface area contributed by atoms with Gasteiger partial charge in [-0.15, -0.1) is 0 Å². The lowest BCUT2D eigenvalue weighted by Crippen LogP contribution is -2.09. The van der Waals surface area contributed by atoms with Crippen LogP contribution in [0.15, 0.2) is 24.3 Å². The number of H-pyrrole nitrogens is 1. The van der Waals surface area contributed by atoms with Gasteiger partial charge in [0.05, 0.1) is 11.0 Å². The van der Waals surface area contributed by atoms with E-state index in [1.165, 1.54) is 0 Å². The monoisotopic (exact) mass is 190 g/mol. The van der Waals surface area contributed by atoms with E-state index < -0.39 is 0 Å². The molecule has 0 aliphatic heterocycles. The molecule has 1 aromatic heterocycles. The molecule has 0 bridgehead atoms. The number of ketones is 1. The van der Waals surface area contributed by atoms with Crippen molar-refractivity contribution in [3.8, 4) is 0 Å². The molecule has 3 nitrogen and oxygen atoms in total. The van der Waals surface area contributed by atoms with Gasteiger partial charge in [0, 0.05) is 7.34 Å². The first-order chi connectivity index (χ1) is 6.68. The van der Waals surface area contributed by atoms with Crippen molar-refractivity contribution in [2.24, 2.45) is 5.92 Å². The highest BCUT2D eigenvalue weighted by Gasteiger charge is 2.14. The van der Waals surface area contributed by atoms with Gasteiger partial charge in [-0.3, -0.25) is 4.79 Å². The quantitative estimate of drug-likeness (QED) is 0.740. The van der Waals surface area contributed by atoms with Crippen LogP contribution in [0.2, 0.25) is 0 Å². The molecule has 0 atom stereocenters. The van der Waals surface area contributed by atoms with Crippen molar-refractivity contribution in [2.45, 2.75) is 13.8 Å². The number of nitrogens with one attached hydrogen (secondary N) is 1. The number of para-hydroxylation sites is 2. The Kier molecular flexibility index (Phi) is 2.08. The lowest BCUT2D eigenvalue weighted by molar-refractivity contribution is 0.0930. The molecule has 0 amide bonds. The third-order valence-corrected chi connectivity index (χ3v) is 2.15. The van der Waals surface area contributed by atoms with Gasteiger partial charge >= 0.3 is 0 Å². The van der Waals surface area contributed by atoms with E-state index in [2.05, 4.69) is 9.97 Å². The molecule has 0 aliphatic carbocycles. The molecular weight excluding hydrogens is 176 g/mol. The summed E-state index contributed by atoms with van der Waals surface area (Å²) in [7, 11) is 0. The van der Waals surface area contributed by atoms with Gasteiger partial charge in [-0.2, -0.15) is 0 Å². The Balaban J connectivity index is 0.00000112. The second kappa shape index (κ2) is 3.25. The molecule has 2 rings (SSSR count). The first kappa shape index (κ1) is 8.94. The number of benzene rings is 1. The number of fused-ring (bicyclic) bond motifs is 1. The molecule has 0 unspecified atom stereocenters. The number of aromatic nitrogens is 2. The van der Waals surface area contributed by atoms with E-state index in [9.17, 15) is 4.79 Å². The number of imidazole rings is 1. The maximum Gasteiger partial charge on any atom is 0.200 e. The highest BCUT2D eigenvalue weighted by molar-refractivity contribution is 5.96. The third kappa shape index (κ3) is 1.41. The van der Waals surface area contributed by atoms with E-state index in [1.54, 1.807) is 0 Å². The number of Topliss-reactive ketones (excluding diaryl/α,β-unsaturated/α-hetero) is 1. The molecule has 1 heterocycles. The van der Waals surface area contributed by atoms with Crippen LogP contribution in [0, 0.1) is 5.92 Å². The van der Waals surface area contributed by atoms with Gasteiger partial charge in [-0.25, -0.2) is 4.98 Å². The minimum Gasteiger partial charge on any atom is -0.335 e. The Labute approximate surface area is 83.6 Å². The van der Waals surface area contributed by atoms with Gasteiger partial charge in [-0.05, 0) is 12.1 Å². The number of hydrogen-bond donors (Lipinski definition) is 1. The van der Waals surface area contributed by atoms with E-state index in [0.717, 1.165) is 11.0 Å². The fraction of sp³-hybridized carbons (Fsp3) is 0.273. The van der Waals surface area contributed by atoms with Crippen molar-refractivity contribution in [3.63, 3.8) is 0 Å². The van der Waals surface area contributed by atoms with Crippen LogP contribution in [0.25, 0.3) is 11.0 Å². The maximum atomic E-state index is 11.6. The average Bonchev–Trinajstić information content (AvgIpc) is 2.59. The summed E-state index contributed by atoms with van der Waals surface area (Å²) in [4.78, 5) is 18.9. The van der Waals surface area contributed by atoms with Crippen LogP contribution >= 0.6 is 0 Å². The molecule has 14 heavy (non-hydrogen) atoms. The van der Waals surface area contributed by atoms with Crippen LogP contribution < -0.4 is 0 Å². The smallest absolute Gasteiger partial charge is 0.200 e. The summed E-state index contributed by atoms with van der Waals surface area (Å²) in [5.41, 5.74) is 1.76. The molecule has 2 aromatic rings. The first-order valence-corrected chi connectivity index (χ1v) is 4.67. The lowest BCUT2D eigenvalue weighted by Gasteiger charge is -1.97. The zero-order valence-corrected chi connectivity index (χ0v) is 8.24. The summed E-state index contributed by atoms with van der Waals surface area (Å²) in [5, 5.41) is 0. The number of aromatic amines is 1. The molecular formula is C11H14N2O. The van der Waals surface area contributed by atoms with Crippen LogP contribution in [-0.4, -0.2) is 15.8 Å². The van der Waals surface area contributed by atoms with E-state index >= 15 is 0 Å². The fourth-order valence-electron chi connectivity index (χ4n) is 1.34. The van der Waals surface area contributed by atoms with E-state index in [0.29, 0.717) is 5.82 Å². The molecule has 1 aromatic carbocycles. The fourth-order valence-corrected chi connectivity index (χ4v) is 1.34. The molecule has 0 aliphatic rings. The molecule has 3 heteroatoms. The molecule has 0 radical (unpaired) electrons. The zero-order chi connectivity index (χ0) is 10.1. The Hall–Kier alpha value is -1.64. The first-order valence-electron chi connectivity index (χ1n) is 4.67. The SMILES string of the molecule is CC(C)C(=O)c1nc2ccccc2[nH]1.[HH]. The summed E-state index contributed by atoms with van der Waals surface area (Å²) in [6.07, 6.45) is 0. The second-order valence-electron chi connectivity index (χ2n) is 3.62. The van der Waals surface area contributed by atoms with Crippen LogP contribution in [0.1, 0.15) is 25.9 Å². The Morgan fingerprint density at radius 3 is 2.79 bits per heavy atom. The van der Waals surface area contributed by atoms with Crippen molar-refractivity contribution in [3.05, 3.63) is 30.1 Å². The number of carbonyl (C=O) groups is 1. The number of nitrogens with zero attached hydrogens (tertiary/aromatic N) is 1. The average molecular weight is 190 g/mol. The zero-order valence-electron chi connectivity index (χ0n) is 8.24. The van der Waals surface area contributed by atoms with Gasteiger partial charge in [0.1, 0.15) is 0 Å². The largest absolute Gasteiger partial charge is 0.335 e. The molecule has 74 valence electrons. The summed E-state index contributed by atoms with van der Waals surface area (Å²) in [6.45, 7) is 3.74. The lowest BCUT2D eigenvalue weighted by atomic mass is 10.1. The third-order valence-electron chi connectivity index (χ3n) is 2.15. The minimum absolute atomic E-state index is 0. The standard InChI is InChI=1S/C11H12N2O.H2/c1-7(2)10(14)11-12-8-5-3-4-6-9(8)13-11;/h3-7H,1-2H3,(H,12,13);1H. The van der Waals surface area contributed by atoms with Crippen LogP contribution in [0.4, 0.5) is 0 Å².